The highest BCUT2D eigenvalue weighted by molar-refractivity contribution is 5.96. The molecular weight excluding hydrogens is 282 g/mol. The molecule has 1 amide bonds. The largest absolute Gasteiger partial charge is 0.467 e. The van der Waals surface area contributed by atoms with Gasteiger partial charge >= 0.3 is 5.97 Å². The van der Waals surface area contributed by atoms with Crippen molar-refractivity contribution >= 4 is 17.7 Å². The van der Waals surface area contributed by atoms with Crippen molar-refractivity contribution in [3.05, 3.63) is 23.9 Å². The molecule has 1 aromatic rings. The maximum atomic E-state index is 12.0. The van der Waals surface area contributed by atoms with Gasteiger partial charge in [0.25, 0.3) is 5.91 Å². The van der Waals surface area contributed by atoms with Crippen molar-refractivity contribution in [1.29, 1.82) is 0 Å². The van der Waals surface area contributed by atoms with E-state index in [0.717, 1.165) is 24.8 Å². The number of rotatable bonds is 4. The van der Waals surface area contributed by atoms with E-state index in [9.17, 15) is 9.59 Å². The molecule has 0 aromatic carbocycles. The summed E-state index contributed by atoms with van der Waals surface area (Å²) in [6.07, 6.45) is 3.88. The fourth-order valence-electron chi connectivity index (χ4n) is 2.46. The Morgan fingerprint density at radius 3 is 2.59 bits per heavy atom. The van der Waals surface area contributed by atoms with Crippen molar-refractivity contribution < 1.29 is 14.3 Å². The number of hydrogen-bond donors (Lipinski definition) is 1. The number of carbonyl (C=O) groups excluding carboxylic acids is 2. The molecule has 1 N–H and O–H groups in total. The van der Waals surface area contributed by atoms with E-state index in [1.165, 1.54) is 20.0 Å². The number of pyridine rings is 1. The van der Waals surface area contributed by atoms with E-state index < -0.39 is 12.0 Å². The number of carbonyl (C=O) groups is 2. The Balaban J connectivity index is 1.96. The number of esters is 1. The number of hydrogen-bond acceptors (Lipinski definition) is 5. The zero-order chi connectivity index (χ0) is 16.1. The summed E-state index contributed by atoms with van der Waals surface area (Å²) in [7, 11) is 1.29. The number of methoxy groups -OCH3 is 1. The average Bonchev–Trinajstić information content (AvgIpc) is 2.54. The lowest BCUT2D eigenvalue weighted by molar-refractivity contribution is -0.142. The summed E-state index contributed by atoms with van der Waals surface area (Å²) in [5, 5.41) is 2.58. The van der Waals surface area contributed by atoms with E-state index in [2.05, 4.69) is 26.9 Å². The minimum absolute atomic E-state index is 0.329. The van der Waals surface area contributed by atoms with Crippen LogP contribution in [0.5, 0.6) is 0 Å². The Morgan fingerprint density at radius 2 is 2.05 bits per heavy atom. The first-order valence-corrected chi connectivity index (χ1v) is 7.61. The summed E-state index contributed by atoms with van der Waals surface area (Å²) in [5.74, 6) is 0.857. The highest BCUT2D eigenvalue weighted by Crippen LogP contribution is 2.21. The van der Waals surface area contributed by atoms with Gasteiger partial charge in [-0.2, -0.15) is 0 Å². The van der Waals surface area contributed by atoms with E-state index >= 15 is 0 Å². The second kappa shape index (κ2) is 7.24. The van der Waals surface area contributed by atoms with Crippen molar-refractivity contribution in [3.8, 4) is 0 Å². The molecule has 6 nitrogen and oxygen atoms in total. The van der Waals surface area contributed by atoms with Crippen LogP contribution in [0.1, 0.15) is 37.0 Å². The van der Waals surface area contributed by atoms with Crippen LogP contribution in [0.25, 0.3) is 0 Å². The minimum atomic E-state index is -0.680. The van der Waals surface area contributed by atoms with Crippen LogP contribution >= 0.6 is 0 Å². The van der Waals surface area contributed by atoms with Crippen LogP contribution in [0, 0.1) is 5.92 Å². The van der Waals surface area contributed by atoms with Crippen molar-refractivity contribution in [1.82, 2.24) is 10.3 Å². The van der Waals surface area contributed by atoms with E-state index in [0.29, 0.717) is 5.56 Å². The molecule has 1 saturated heterocycles. The van der Waals surface area contributed by atoms with Gasteiger partial charge in [0.05, 0.1) is 12.7 Å². The number of nitrogens with one attached hydrogen (secondary N) is 1. The van der Waals surface area contributed by atoms with Gasteiger partial charge in [-0.15, -0.1) is 0 Å². The quantitative estimate of drug-likeness (QED) is 0.856. The number of anilines is 1. The van der Waals surface area contributed by atoms with Crippen LogP contribution in [0.3, 0.4) is 0 Å². The van der Waals surface area contributed by atoms with Gasteiger partial charge in [-0.3, -0.25) is 4.79 Å². The van der Waals surface area contributed by atoms with E-state index in [1.54, 1.807) is 19.2 Å². The van der Waals surface area contributed by atoms with E-state index in [-0.39, 0.29) is 5.91 Å². The summed E-state index contributed by atoms with van der Waals surface area (Å²) in [6, 6.07) is 2.91. The predicted molar refractivity (Wildman–Crippen MR) is 83.8 cm³/mol. The number of amides is 1. The second-order valence-electron chi connectivity index (χ2n) is 5.79. The molecule has 0 saturated carbocycles. The molecule has 0 radical (unpaired) electrons. The molecule has 0 bridgehead atoms. The van der Waals surface area contributed by atoms with Crippen LogP contribution in [0.4, 0.5) is 5.82 Å². The van der Waals surface area contributed by atoms with Gasteiger partial charge < -0.3 is 15.0 Å². The molecule has 1 fully saturated rings. The molecular formula is C16H23N3O3. The molecule has 1 aliphatic heterocycles. The molecule has 0 unspecified atom stereocenters. The molecule has 2 rings (SSSR count). The number of ether oxygens (including phenoxy) is 1. The lowest BCUT2D eigenvalue weighted by Crippen LogP contribution is -2.39. The second-order valence-corrected chi connectivity index (χ2v) is 5.79. The summed E-state index contributed by atoms with van der Waals surface area (Å²) in [4.78, 5) is 29.9. The molecule has 1 aromatic heterocycles. The molecule has 1 atom stereocenters. The van der Waals surface area contributed by atoms with Crippen LogP contribution in [0.15, 0.2) is 18.3 Å². The Kier molecular flexibility index (Phi) is 5.35. The van der Waals surface area contributed by atoms with Gasteiger partial charge in [0.1, 0.15) is 11.9 Å². The molecule has 0 aliphatic carbocycles. The molecule has 120 valence electrons. The third kappa shape index (κ3) is 3.96. The highest BCUT2D eigenvalue weighted by atomic mass is 16.5. The number of aromatic nitrogens is 1. The van der Waals surface area contributed by atoms with Gasteiger partial charge in [0.2, 0.25) is 0 Å². The first-order chi connectivity index (χ1) is 10.5. The molecule has 6 heteroatoms. The molecule has 1 aliphatic rings. The Morgan fingerprint density at radius 1 is 1.36 bits per heavy atom. The van der Waals surface area contributed by atoms with Crippen molar-refractivity contribution in [2.45, 2.75) is 32.7 Å². The van der Waals surface area contributed by atoms with Crippen LogP contribution < -0.4 is 10.2 Å². The van der Waals surface area contributed by atoms with Crippen LogP contribution in [-0.2, 0) is 9.53 Å². The Bertz CT molecular complexity index is 522. The predicted octanol–water partition coefficient (Wildman–Crippen LogP) is 1.61. The number of piperidine rings is 1. The van der Waals surface area contributed by atoms with Crippen LogP contribution in [0.2, 0.25) is 0 Å². The standard InChI is InChI=1S/C16H23N3O3/c1-11-6-8-19(9-7-11)14-5-4-13(10-17-14)15(20)18-12(2)16(21)22-3/h4-5,10-12H,6-9H2,1-3H3,(H,18,20)/t12-/m0/s1. The zero-order valence-corrected chi connectivity index (χ0v) is 13.3. The van der Waals surface area contributed by atoms with Gasteiger partial charge in [-0.1, -0.05) is 6.92 Å². The van der Waals surface area contributed by atoms with Crippen LogP contribution in [-0.4, -0.2) is 43.1 Å². The Labute approximate surface area is 130 Å². The molecule has 2 heterocycles. The first kappa shape index (κ1) is 16.3. The van der Waals surface area contributed by atoms with E-state index in [4.69, 9.17) is 0 Å². The summed E-state index contributed by atoms with van der Waals surface area (Å²) in [6.45, 7) is 5.85. The monoisotopic (exact) mass is 305 g/mol. The highest BCUT2D eigenvalue weighted by Gasteiger charge is 2.19. The Hall–Kier alpha value is -2.11. The van der Waals surface area contributed by atoms with Gasteiger partial charge in [-0.25, -0.2) is 9.78 Å². The minimum Gasteiger partial charge on any atom is -0.467 e. The van der Waals surface area contributed by atoms with Gasteiger partial charge in [0.15, 0.2) is 0 Å². The van der Waals surface area contributed by atoms with Gasteiger partial charge in [-0.05, 0) is 37.8 Å². The molecule has 0 spiro atoms. The smallest absolute Gasteiger partial charge is 0.328 e. The summed E-state index contributed by atoms with van der Waals surface area (Å²) >= 11 is 0. The normalized spacial score (nSPS) is 17.0. The maximum Gasteiger partial charge on any atom is 0.328 e. The zero-order valence-electron chi connectivity index (χ0n) is 13.3. The maximum absolute atomic E-state index is 12.0. The van der Waals surface area contributed by atoms with Crippen molar-refractivity contribution in [2.24, 2.45) is 5.92 Å². The van der Waals surface area contributed by atoms with E-state index in [1.807, 2.05) is 6.07 Å². The van der Waals surface area contributed by atoms with Crippen molar-refractivity contribution in [2.75, 3.05) is 25.1 Å². The SMILES string of the molecule is COC(=O)[C@H](C)NC(=O)c1ccc(N2CCC(C)CC2)nc1. The lowest BCUT2D eigenvalue weighted by atomic mass is 9.99. The average molecular weight is 305 g/mol. The first-order valence-electron chi connectivity index (χ1n) is 7.61. The number of nitrogens with zero attached hydrogens (tertiary/aromatic N) is 2. The summed E-state index contributed by atoms with van der Waals surface area (Å²) < 4.78 is 4.58. The third-order valence-electron chi connectivity index (χ3n) is 4.02. The van der Waals surface area contributed by atoms with Crippen molar-refractivity contribution in [3.63, 3.8) is 0 Å². The fraction of sp³-hybridized carbons (Fsp3) is 0.562. The van der Waals surface area contributed by atoms with Gasteiger partial charge in [0, 0.05) is 19.3 Å². The fourth-order valence-corrected chi connectivity index (χ4v) is 2.46. The topological polar surface area (TPSA) is 71.5 Å². The molecule has 22 heavy (non-hydrogen) atoms. The third-order valence-corrected chi connectivity index (χ3v) is 4.02. The summed E-state index contributed by atoms with van der Waals surface area (Å²) in [5.41, 5.74) is 0.435. The lowest BCUT2D eigenvalue weighted by Gasteiger charge is -2.31.